The van der Waals surface area contributed by atoms with Gasteiger partial charge in [-0.1, -0.05) is 0 Å². The molecule has 1 atom stereocenters. The van der Waals surface area contributed by atoms with Crippen LogP contribution in [-0.4, -0.2) is 14.2 Å². The Balaban J connectivity index is 1.94. The Morgan fingerprint density at radius 1 is 1.15 bits per heavy atom. The van der Waals surface area contributed by atoms with E-state index < -0.39 is 0 Å². The summed E-state index contributed by atoms with van der Waals surface area (Å²) in [7, 11) is 3.32. The van der Waals surface area contributed by atoms with E-state index in [9.17, 15) is 0 Å². The number of aryl methyl sites for hydroxylation is 2. The lowest BCUT2D eigenvalue weighted by Crippen LogP contribution is -2.11. The monoisotopic (exact) mass is 289 g/mol. The van der Waals surface area contributed by atoms with Crippen molar-refractivity contribution in [3.63, 3.8) is 0 Å². The molecule has 0 spiro atoms. The molecule has 0 saturated carbocycles. The summed E-state index contributed by atoms with van der Waals surface area (Å²) in [6.07, 6.45) is 3.67. The van der Waals surface area contributed by atoms with E-state index in [1.807, 2.05) is 29.5 Å². The summed E-state index contributed by atoms with van der Waals surface area (Å²) in [5.41, 5.74) is 8.92. The molecule has 1 aromatic heterocycles. The molecule has 1 aromatic carbocycles. The lowest BCUT2D eigenvalue weighted by atomic mass is 10.0. The molecule has 106 valence electrons. The van der Waals surface area contributed by atoms with Crippen LogP contribution in [0.3, 0.4) is 0 Å². The second-order valence-corrected chi connectivity index (χ2v) is 6.20. The fourth-order valence-electron chi connectivity index (χ4n) is 2.73. The summed E-state index contributed by atoms with van der Waals surface area (Å²) in [4.78, 5) is 2.72. The summed E-state index contributed by atoms with van der Waals surface area (Å²) in [6, 6.07) is 7.94. The molecule has 1 aliphatic carbocycles. The molecule has 0 aliphatic heterocycles. The van der Waals surface area contributed by atoms with Crippen LogP contribution in [0.25, 0.3) is 0 Å². The normalized spacial score (nSPS) is 14.9. The fourth-order valence-corrected chi connectivity index (χ4v) is 4.01. The second-order valence-electron chi connectivity index (χ2n) is 5.04. The maximum Gasteiger partial charge on any atom is 0.127 e. The van der Waals surface area contributed by atoms with Crippen molar-refractivity contribution in [1.29, 1.82) is 0 Å². The molecule has 3 nitrogen and oxygen atoms in total. The van der Waals surface area contributed by atoms with Gasteiger partial charge in [-0.25, -0.2) is 0 Å². The van der Waals surface area contributed by atoms with Gasteiger partial charge in [0.05, 0.1) is 20.3 Å². The molecule has 1 unspecified atom stereocenters. The number of fused-ring (bicyclic) bond motifs is 1. The summed E-state index contributed by atoms with van der Waals surface area (Å²) in [6.45, 7) is 0. The number of benzene rings is 1. The Labute approximate surface area is 123 Å². The maximum atomic E-state index is 6.43. The zero-order valence-corrected chi connectivity index (χ0v) is 12.6. The van der Waals surface area contributed by atoms with Gasteiger partial charge in [-0.3, -0.25) is 0 Å². The number of hydrogen-bond donors (Lipinski definition) is 1. The van der Waals surface area contributed by atoms with Gasteiger partial charge in [-0.05, 0) is 43.0 Å². The average molecular weight is 289 g/mol. The van der Waals surface area contributed by atoms with Crippen LogP contribution < -0.4 is 15.2 Å². The Bertz CT molecular complexity index is 599. The molecule has 0 fully saturated rings. The van der Waals surface area contributed by atoms with Gasteiger partial charge in [0, 0.05) is 21.4 Å². The minimum atomic E-state index is -0.133. The van der Waals surface area contributed by atoms with Crippen LogP contribution in [0.4, 0.5) is 0 Å². The summed E-state index contributed by atoms with van der Waals surface area (Å²) in [5, 5.41) is 0. The van der Waals surface area contributed by atoms with Crippen LogP contribution in [0.1, 0.15) is 33.3 Å². The lowest BCUT2D eigenvalue weighted by molar-refractivity contribution is 0.390. The van der Waals surface area contributed by atoms with Crippen molar-refractivity contribution in [3.05, 3.63) is 45.1 Å². The molecule has 0 saturated heterocycles. The highest BCUT2D eigenvalue weighted by Crippen LogP contribution is 2.38. The fraction of sp³-hybridized carbons (Fsp3) is 0.375. The molecule has 2 aromatic rings. The summed E-state index contributed by atoms with van der Waals surface area (Å²) >= 11 is 1.84. The van der Waals surface area contributed by atoms with Crippen molar-refractivity contribution in [3.8, 4) is 11.5 Å². The van der Waals surface area contributed by atoms with Crippen LogP contribution in [0.2, 0.25) is 0 Å². The predicted octanol–water partition coefficient (Wildman–Crippen LogP) is 3.30. The molecule has 1 aliphatic rings. The summed E-state index contributed by atoms with van der Waals surface area (Å²) in [5.74, 6) is 1.57. The number of thiophene rings is 1. The van der Waals surface area contributed by atoms with Gasteiger partial charge in [0.15, 0.2) is 0 Å². The topological polar surface area (TPSA) is 44.5 Å². The van der Waals surface area contributed by atoms with E-state index in [1.54, 1.807) is 14.2 Å². The number of methoxy groups -OCH3 is 2. The van der Waals surface area contributed by atoms with Crippen molar-refractivity contribution >= 4 is 11.3 Å². The van der Waals surface area contributed by atoms with Crippen molar-refractivity contribution in [2.45, 2.75) is 25.3 Å². The Morgan fingerprint density at radius 3 is 2.70 bits per heavy atom. The standard InChI is InChI=1S/C16H19NO2S/c1-18-11-6-7-12(13(9-11)19-2)16(17)15-8-10-4-3-5-14(10)20-15/h6-9,16H,3-5,17H2,1-2H3. The molecule has 20 heavy (non-hydrogen) atoms. The van der Waals surface area contributed by atoms with Crippen LogP contribution in [0.15, 0.2) is 24.3 Å². The third kappa shape index (κ3) is 2.30. The Morgan fingerprint density at radius 2 is 2.00 bits per heavy atom. The Hall–Kier alpha value is -1.52. The van der Waals surface area contributed by atoms with Crippen molar-refractivity contribution < 1.29 is 9.47 Å². The van der Waals surface area contributed by atoms with E-state index in [0.717, 1.165) is 17.1 Å². The molecule has 1 heterocycles. The van der Waals surface area contributed by atoms with E-state index in [-0.39, 0.29) is 6.04 Å². The average Bonchev–Trinajstić information content (AvgIpc) is 3.07. The smallest absolute Gasteiger partial charge is 0.127 e. The van der Waals surface area contributed by atoms with E-state index in [1.165, 1.54) is 34.6 Å². The van der Waals surface area contributed by atoms with Gasteiger partial charge in [0.1, 0.15) is 11.5 Å². The molecule has 3 rings (SSSR count). The highest BCUT2D eigenvalue weighted by molar-refractivity contribution is 7.12. The molecule has 0 radical (unpaired) electrons. The Kier molecular flexibility index (Phi) is 3.68. The van der Waals surface area contributed by atoms with Crippen LogP contribution in [0, 0.1) is 0 Å². The minimum absolute atomic E-state index is 0.133. The van der Waals surface area contributed by atoms with Crippen LogP contribution in [-0.2, 0) is 12.8 Å². The number of rotatable bonds is 4. The first-order valence-electron chi connectivity index (χ1n) is 6.82. The third-order valence-corrected chi connectivity index (χ3v) is 5.17. The zero-order chi connectivity index (χ0) is 14.1. The highest BCUT2D eigenvalue weighted by Gasteiger charge is 2.21. The van der Waals surface area contributed by atoms with Crippen molar-refractivity contribution in [2.24, 2.45) is 5.73 Å². The second kappa shape index (κ2) is 5.46. The van der Waals surface area contributed by atoms with Crippen LogP contribution in [0.5, 0.6) is 11.5 Å². The first kappa shape index (κ1) is 13.5. The van der Waals surface area contributed by atoms with E-state index in [0.29, 0.717) is 0 Å². The van der Waals surface area contributed by atoms with Gasteiger partial charge < -0.3 is 15.2 Å². The molecular weight excluding hydrogens is 270 g/mol. The zero-order valence-electron chi connectivity index (χ0n) is 11.8. The van der Waals surface area contributed by atoms with E-state index in [2.05, 4.69) is 6.07 Å². The van der Waals surface area contributed by atoms with Gasteiger partial charge in [-0.15, -0.1) is 11.3 Å². The SMILES string of the molecule is COc1ccc(C(N)c2cc3c(s2)CCC3)c(OC)c1. The molecule has 0 amide bonds. The third-order valence-electron chi connectivity index (χ3n) is 3.85. The molecule has 4 heteroatoms. The first-order valence-corrected chi connectivity index (χ1v) is 7.63. The predicted molar refractivity (Wildman–Crippen MR) is 81.9 cm³/mol. The largest absolute Gasteiger partial charge is 0.497 e. The van der Waals surface area contributed by atoms with Gasteiger partial charge in [-0.2, -0.15) is 0 Å². The first-order chi connectivity index (χ1) is 9.72. The minimum Gasteiger partial charge on any atom is -0.497 e. The van der Waals surface area contributed by atoms with Crippen molar-refractivity contribution in [1.82, 2.24) is 0 Å². The van der Waals surface area contributed by atoms with Crippen LogP contribution >= 0.6 is 11.3 Å². The highest BCUT2D eigenvalue weighted by atomic mass is 32.1. The number of nitrogens with two attached hydrogens (primary N) is 1. The van der Waals surface area contributed by atoms with Crippen molar-refractivity contribution in [2.75, 3.05) is 14.2 Å². The quantitative estimate of drug-likeness (QED) is 0.939. The van der Waals surface area contributed by atoms with Gasteiger partial charge in [0.2, 0.25) is 0 Å². The maximum absolute atomic E-state index is 6.43. The molecule has 0 bridgehead atoms. The number of hydrogen-bond acceptors (Lipinski definition) is 4. The number of ether oxygens (including phenoxy) is 2. The lowest BCUT2D eigenvalue weighted by Gasteiger charge is -2.15. The summed E-state index contributed by atoms with van der Waals surface area (Å²) < 4.78 is 10.7. The molecular formula is C16H19NO2S. The van der Waals surface area contributed by atoms with Gasteiger partial charge in [0.25, 0.3) is 0 Å². The van der Waals surface area contributed by atoms with E-state index >= 15 is 0 Å². The van der Waals surface area contributed by atoms with E-state index in [4.69, 9.17) is 15.2 Å². The van der Waals surface area contributed by atoms with Gasteiger partial charge >= 0.3 is 0 Å². The molecule has 2 N–H and O–H groups in total.